The summed E-state index contributed by atoms with van der Waals surface area (Å²) in [5.41, 5.74) is 5.25. The van der Waals surface area contributed by atoms with Crippen molar-refractivity contribution in [2.45, 2.75) is 0 Å². The Hall–Kier alpha value is -0.470. The van der Waals surface area contributed by atoms with Gasteiger partial charge in [-0.1, -0.05) is 6.07 Å². The Morgan fingerprint density at radius 3 is 2.20 bits per heavy atom. The SMILES string of the molecule is ClCCl.Nc1ccccn1. The summed E-state index contributed by atoms with van der Waals surface area (Å²) in [7, 11) is 0. The molecule has 2 N–H and O–H groups in total. The minimum Gasteiger partial charge on any atom is -0.384 e. The number of hydrogen-bond acceptors (Lipinski definition) is 2. The molecule has 0 spiro atoms. The molecule has 0 atom stereocenters. The zero-order chi connectivity index (χ0) is 7.82. The number of nitrogens with two attached hydrogens (primary N) is 1. The molecule has 0 amide bonds. The second kappa shape index (κ2) is 6.65. The van der Waals surface area contributed by atoms with Crippen LogP contribution in [0.3, 0.4) is 0 Å². The number of nitrogens with zero attached hydrogens (tertiary/aromatic N) is 1. The third kappa shape index (κ3) is 5.66. The fourth-order valence-electron chi connectivity index (χ4n) is 0.376. The van der Waals surface area contributed by atoms with Gasteiger partial charge in [-0.05, 0) is 12.1 Å². The first kappa shape index (κ1) is 9.53. The fraction of sp³-hybridized carbons (Fsp3) is 0.167. The number of alkyl halides is 2. The van der Waals surface area contributed by atoms with E-state index < -0.39 is 0 Å². The smallest absolute Gasteiger partial charge is 0.123 e. The molecular formula is C6H8Cl2N2. The molecule has 0 aromatic carbocycles. The van der Waals surface area contributed by atoms with Gasteiger partial charge in [0.2, 0.25) is 0 Å². The predicted octanol–water partition coefficient (Wildman–Crippen LogP) is 2.09. The molecule has 1 aromatic heterocycles. The van der Waals surface area contributed by atoms with Crippen molar-refractivity contribution in [2.24, 2.45) is 0 Å². The van der Waals surface area contributed by atoms with Crippen molar-refractivity contribution in [1.29, 1.82) is 0 Å². The zero-order valence-electron chi connectivity index (χ0n) is 5.30. The number of halogens is 2. The van der Waals surface area contributed by atoms with Gasteiger partial charge in [0, 0.05) is 6.20 Å². The number of anilines is 1. The van der Waals surface area contributed by atoms with Crippen LogP contribution >= 0.6 is 23.2 Å². The second-order valence-corrected chi connectivity index (χ2v) is 2.16. The first-order valence-electron chi connectivity index (χ1n) is 2.59. The van der Waals surface area contributed by atoms with E-state index in [0.29, 0.717) is 5.82 Å². The fourth-order valence-corrected chi connectivity index (χ4v) is 0.376. The second-order valence-electron chi connectivity index (χ2n) is 1.36. The lowest BCUT2D eigenvalue weighted by Gasteiger charge is -1.82. The Labute approximate surface area is 70.0 Å². The summed E-state index contributed by atoms with van der Waals surface area (Å²) in [5.74, 6) is 0.572. The summed E-state index contributed by atoms with van der Waals surface area (Å²) in [6.45, 7) is 0. The van der Waals surface area contributed by atoms with Crippen LogP contribution in [0.25, 0.3) is 0 Å². The Bertz CT molecular complexity index is 155. The lowest BCUT2D eigenvalue weighted by Crippen LogP contribution is -1.85. The maximum atomic E-state index is 5.25. The Kier molecular flexibility index (Phi) is 6.33. The van der Waals surface area contributed by atoms with Crippen molar-refractivity contribution in [3.63, 3.8) is 0 Å². The molecule has 2 nitrogen and oxygen atoms in total. The molecule has 10 heavy (non-hydrogen) atoms. The standard InChI is InChI=1S/C5H6N2.CH2Cl2/c6-5-3-1-2-4-7-5;2-1-3/h1-4H,(H2,6,7);1H2. The van der Waals surface area contributed by atoms with Crippen molar-refractivity contribution in [3.05, 3.63) is 24.4 Å². The van der Waals surface area contributed by atoms with E-state index in [9.17, 15) is 0 Å². The molecule has 0 aliphatic rings. The Morgan fingerprint density at radius 1 is 1.40 bits per heavy atom. The molecule has 1 rings (SSSR count). The van der Waals surface area contributed by atoms with Gasteiger partial charge in [-0.3, -0.25) is 0 Å². The van der Waals surface area contributed by atoms with Crippen LogP contribution in [0, 0.1) is 0 Å². The van der Waals surface area contributed by atoms with Crippen molar-refractivity contribution in [1.82, 2.24) is 4.98 Å². The Balaban J connectivity index is 0.000000236. The summed E-state index contributed by atoms with van der Waals surface area (Å²) >= 11 is 9.53. The highest BCUT2D eigenvalue weighted by Gasteiger charge is 1.73. The van der Waals surface area contributed by atoms with Crippen molar-refractivity contribution < 1.29 is 0 Å². The van der Waals surface area contributed by atoms with Crippen LogP contribution in [0.1, 0.15) is 0 Å². The van der Waals surface area contributed by atoms with Crippen LogP contribution in [0.15, 0.2) is 24.4 Å². The number of rotatable bonds is 0. The highest BCUT2D eigenvalue weighted by atomic mass is 35.5. The van der Waals surface area contributed by atoms with Gasteiger partial charge >= 0.3 is 0 Å². The van der Waals surface area contributed by atoms with Gasteiger partial charge in [-0.2, -0.15) is 0 Å². The summed E-state index contributed by atoms with van der Waals surface area (Å²) < 4.78 is 0. The van der Waals surface area contributed by atoms with E-state index in [2.05, 4.69) is 4.98 Å². The highest BCUT2D eigenvalue weighted by Crippen LogP contribution is 1.89. The Morgan fingerprint density at radius 2 is 2.00 bits per heavy atom. The number of pyridine rings is 1. The van der Waals surface area contributed by atoms with Crippen LogP contribution in [0.5, 0.6) is 0 Å². The number of hydrogen-bond donors (Lipinski definition) is 1. The van der Waals surface area contributed by atoms with Gasteiger partial charge in [-0.25, -0.2) is 4.98 Å². The van der Waals surface area contributed by atoms with Crippen LogP contribution in [0.4, 0.5) is 5.82 Å². The van der Waals surface area contributed by atoms with E-state index in [1.54, 1.807) is 12.3 Å². The molecule has 0 bridgehead atoms. The normalized spacial score (nSPS) is 7.80. The highest BCUT2D eigenvalue weighted by molar-refractivity contribution is 6.40. The molecule has 1 aromatic rings. The van der Waals surface area contributed by atoms with Gasteiger partial charge in [-0.15, -0.1) is 23.2 Å². The number of nitrogen functional groups attached to an aromatic ring is 1. The van der Waals surface area contributed by atoms with Crippen molar-refractivity contribution >= 4 is 29.0 Å². The van der Waals surface area contributed by atoms with E-state index in [-0.39, 0.29) is 5.34 Å². The minimum absolute atomic E-state index is 0.194. The summed E-state index contributed by atoms with van der Waals surface area (Å²) in [5, 5.41) is 0.194. The topological polar surface area (TPSA) is 38.9 Å². The quantitative estimate of drug-likeness (QED) is 0.619. The molecule has 0 fully saturated rings. The third-order valence-electron chi connectivity index (χ3n) is 0.688. The molecule has 4 heteroatoms. The first-order valence-corrected chi connectivity index (χ1v) is 3.66. The average Bonchev–Trinajstić information content (AvgIpc) is 1.91. The molecule has 0 saturated carbocycles. The van der Waals surface area contributed by atoms with Gasteiger partial charge < -0.3 is 5.73 Å². The molecule has 0 aliphatic heterocycles. The van der Waals surface area contributed by atoms with E-state index >= 15 is 0 Å². The molecule has 0 aliphatic carbocycles. The van der Waals surface area contributed by atoms with Crippen LogP contribution in [0.2, 0.25) is 0 Å². The first-order chi connectivity index (χ1) is 4.81. The third-order valence-corrected chi connectivity index (χ3v) is 0.688. The maximum Gasteiger partial charge on any atom is 0.123 e. The molecule has 0 unspecified atom stereocenters. The largest absolute Gasteiger partial charge is 0.384 e. The lowest BCUT2D eigenvalue weighted by molar-refractivity contribution is 1.34. The van der Waals surface area contributed by atoms with E-state index in [1.807, 2.05) is 12.1 Å². The van der Waals surface area contributed by atoms with Gasteiger partial charge in [0.15, 0.2) is 0 Å². The zero-order valence-corrected chi connectivity index (χ0v) is 6.81. The summed E-state index contributed by atoms with van der Waals surface area (Å²) in [4.78, 5) is 3.76. The summed E-state index contributed by atoms with van der Waals surface area (Å²) in [6.07, 6.45) is 1.66. The van der Waals surface area contributed by atoms with Gasteiger partial charge in [0.05, 0.1) is 5.34 Å². The average molecular weight is 179 g/mol. The molecule has 0 radical (unpaired) electrons. The number of aromatic nitrogens is 1. The van der Waals surface area contributed by atoms with Crippen LogP contribution in [-0.4, -0.2) is 10.3 Å². The van der Waals surface area contributed by atoms with Gasteiger partial charge in [0.25, 0.3) is 0 Å². The predicted molar refractivity (Wildman–Crippen MR) is 45.2 cm³/mol. The lowest BCUT2D eigenvalue weighted by atomic mass is 10.5. The minimum atomic E-state index is 0.194. The monoisotopic (exact) mass is 178 g/mol. The van der Waals surface area contributed by atoms with E-state index in [1.165, 1.54) is 0 Å². The molecule has 1 heterocycles. The van der Waals surface area contributed by atoms with Crippen molar-refractivity contribution in [3.8, 4) is 0 Å². The maximum absolute atomic E-state index is 5.25. The summed E-state index contributed by atoms with van der Waals surface area (Å²) in [6, 6.07) is 5.43. The van der Waals surface area contributed by atoms with Crippen LogP contribution in [-0.2, 0) is 0 Å². The van der Waals surface area contributed by atoms with Gasteiger partial charge in [0.1, 0.15) is 5.82 Å². The van der Waals surface area contributed by atoms with E-state index in [0.717, 1.165) is 0 Å². The molecule has 0 saturated heterocycles. The van der Waals surface area contributed by atoms with E-state index in [4.69, 9.17) is 28.9 Å². The molecular weight excluding hydrogens is 171 g/mol. The molecule has 56 valence electrons. The van der Waals surface area contributed by atoms with Crippen molar-refractivity contribution in [2.75, 3.05) is 11.1 Å². The van der Waals surface area contributed by atoms with Crippen LogP contribution < -0.4 is 5.73 Å².